The minimum Gasteiger partial charge on any atom is -0.267 e. The molecule has 12 heteroatoms. The third kappa shape index (κ3) is 4.58. The first kappa shape index (κ1) is 21.7. The molecule has 0 aromatic heterocycles. The Labute approximate surface area is 177 Å². The van der Waals surface area contributed by atoms with Gasteiger partial charge in [-0.1, -0.05) is 11.6 Å². The summed E-state index contributed by atoms with van der Waals surface area (Å²) in [5.74, 6) is -1.62. The zero-order valence-electron chi connectivity index (χ0n) is 15.5. The van der Waals surface area contributed by atoms with Gasteiger partial charge in [-0.15, -0.1) is 0 Å². The summed E-state index contributed by atoms with van der Waals surface area (Å²) < 4.78 is 26.4. The Morgan fingerprint density at radius 1 is 1.00 bits per heavy atom. The average molecular weight is 453 g/mol. The number of nitrogens with zero attached hydrogens (tertiary/aromatic N) is 2. The molecule has 0 bridgehead atoms. The van der Waals surface area contributed by atoms with Gasteiger partial charge in [-0.05, 0) is 49.2 Å². The summed E-state index contributed by atoms with van der Waals surface area (Å²) in [7, 11) is -3.60. The van der Waals surface area contributed by atoms with E-state index in [1.165, 1.54) is 40.7 Å². The molecule has 2 aromatic rings. The zero-order chi connectivity index (χ0) is 21.9. The summed E-state index contributed by atoms with van der Waals surface area (Å²) in [6.07, 6.45) is 1.62. The lowest BCUT2D eigenvalue weighted by atomic mass is 10.1. The Kier molecular flexibility index (Phi) is 6.34. The predicted octanol–water partition coefficient (Wildman–Crippen LogP) is 2.11. The highest BCUT2D eigenvalue weighted by Gasteiger charge is 2.27. The molecule has 3 rings (SSSR count). The second-order valence-corrected chi connectivity index (χ2v) is 8.84. The van der Waals surface area contributed by atoms with Crippen molar-refractivity contribution in [3.8, 4) is 0 Å². The Balaban J connectivity index is 1.67. The molecule has 0 atom stereocenters. The average Bonchev–Trinajstić information content (AvgIpc) is 3.27. The van der Waals surface area contributed by atoms with Gasteiger partial charge in [0, 0.05) is 29.7 Å². The van der Waals surface area contributed by atoms with Gasteiger partial charge in [-0.25, -0.2) is 8.42 Å². The molecule has 1 heterocycles. The Morgan fingerprint density at radius 2 is 1.60 bits per heavy atom. The number of amides is 2. The number of hydrogen-bond donors (Lipinski definition) is 2. The number of hydrogen-bond acceptors (Lipinski definition) is 6. The minimum absolute atomic E-state index is 0.0711. The van der Waals surface area contributed by atoms with Crippen LogP contribution < -0.4 is 10.9 Å². The molecule has 30 heavy (non-hydrogen) atoms. The van der Waals surface area contributed by atoms with Gasteiger partial charge in [0.05, 0.1) is 9.82 Å². The largest absolute Gasteiger partial charge is 0.283 e. The molecular weight excluding hydrogens is 436 g/mol. The van der Waals surface area contributed by atoms with Crippen molar-refractivity contribution in [3.63, 3.8) is 0 Å². The molecule has 0 aliphatic carbocycles. The van der Waals surface area contributed by atoms with E-state index in [0.717, 1.165) is 18.9 Å². The summed E-state index contributed by atoms with van der Waals surface area (Å²) >= 11 is 5.71. The molecule has 158 valence electrons. The maximum atomic E-state index is 12.5. The lowest BCUT2D eigenvalue weighted by molar-refractivity contribution is -0.385. The number of hydrazine groups is 1. The van der Waals surface area contributed by atoms with Gasteiger partial charge in [-0.2, -0.15) is 4.31 Å². The quantitative estimate of drug-likeness (QED) is 0.526. The van der Waals surface area contributed by atoms with Crippen molar-refractivity contribution in [1.29, 1.82) is 0 Å². The van der Waals surface area contributed by atoms with Gasteiger partial charge in [-0.3, -0.25) is 30.6 Å². The number of carbonyl (C=O) groups excluding carboxylic acids is 2. The first-order valence-electron chi connectivity index (χ1n) is 8.85. The smallest absolute Gasteiger partial charge is 0.267 e. The van der Waals surface area contributed by atoms with E-state index in [4.69, 9.17) is 11.6 Å². The zero-order valence-corrected chi connectivity index (χ0v) is 17.1. The van der Waals surface area contributed by atoms with E-state index in [2.05, 4.69) is 10.9 Å². The number of nitro benzene ring substituents is 1. The van der Waals surface area contributed by atoms with Crippen LogP contribution in [0.2, 0.25) is 5.02 Å². The van der Waals surface area contributed by atoms with E-state index in [1.54, 1.807) is 0 Å². The maximum Gasteiger partial charge on any atom is 0.283 e. The SMILES string of the molecule is O=C(NNC(=O)c1ccc(Cl)cc1[N+](=O)[O-])c1ccc(S(=O)(=O)N2CCCC2)cc1. The molecule has 0 saturated carbocycles. The monoisotopic (exact) mass is 452 g/mol. The molecule has 0 spiro atoms. The lowest BCUT2D eigenvalue weighted by Crippen LogP contribution is -2.41. The Bertz CT molecular complexity index is 1100. The number of rotatable bonds is 5. The summed E-state index contributed by atoms with van der Waals surface area (Å²) in [6, 6.07) is 8.76. The number of nitrogens with one attached hydrogen (secondary N) is 2. The molecular formula is C18H17ClN4O6S. The van der Waals surface area contributed by atoms with Crippen LogP contribution in [0.25, 0.3) is 0 Å². The van der Waals surface area contributed by atoms with Crippen molar-refractivity contribution < 1.29 is 22.9 Å². The highest BCUT2D eigenvalue weighted by Crippen LogP contribution is 2.23. The fourth-order valence-electron chi connectivity index (χ4n) is 2.96. The first-order valence-corrected chi connectivity index (χ1v) is 10.7. The molecule has 0 radical (unpaired) electrons. The second-order valence-electron chi connectivity index (χ2n) is 6.46. The highest BCUT2D eigenvalue weighted by molar-refractivity contribution is 7.89. The Hall–Kier alpha value is -3.02. The van der Waals surface area contributed by atoms with Crippen molar-refractivity contribution in [1.82, 2.24) is 15.2 Å². The fourth-order valence-corrected chi connectivity index (χ4v) is 4.64. The molecule has 1 aliphatic heterocycles. The van der Waals surface area contributed by atoms with Gasteiger partial charge in [0.2, 0.25) is 10.0 Å². The van der Waals surface area contributed by atoms with Crippen LogP contribution >= 0.6 is 11.6 Å². The molecule has 2 aromatic carbocycles. The first-order chi connectivity index (χ1) is 14.2. The van der Waals surface area contributed by atoms with E-state index in [9.17, 15) is 28.1 Å². The third-order valence-electron chi connectivity index (χ3n) is 4.51. The number of benzene rings is 2. The van der Waals surface area contributed by atoms with Crippen LogP contribution in [0.15, 0.2) is 47.4 Å². The van der Waals surface area contributed by atoms with Gasteiger partial charge >= 0.3 is 0 Å². The summed E-state index contributed by atoms with van der Waals surface area (Å²) in [4.78, 5) is 34.8. The standard InChI is InChI=1S/C18H17ClN4O6S/c19-13-5-8-15(16(11-13)23(26)27)18(25)21-20-17(24)12-3-6-14(7-4-12)30(28,29)22-9-1-2-10-22/h3-8,11H,1-2,9-10H2,(H,20,24)(H,21,25). The summed E-state index contributed by atoms with van der Waals surface area (Å²) in [6.45, 7) is 0.931. The van der Waals surface area contributed by atoms with Gasteiger partial charge in [0.25, 0.3) is 17.5 Å². The summed E-state index contributed by atoms with van der Waals surface area (Å²) in [5.41, 5.74) is 3.54. The molecule has 0 unspecified atom stereocenters. The number of halogens is 1. The second kappa shape index (κ2) is 8.78. The van der Waals surface area contributed by atoms with Crippen LogP contribution in [-0.4, -0.2) is 42.6 Å². The molecule has 1 fully saturated rings. The van der Waals surface area contributed by atoms with Crippen LogP contribution in [0.1, 0.15) is 33.6 Å². The van der Waals surface area contributed by atoms with E-state index >= 15 is 0 Å². The van der Waals surface area contributed by atoms with Gasteiger partial charge in [0.1, 0.15) is 5.56 Å². The normalized spacial score (nSPS) is 14.3. The van der Waals surface area contributed by atoms with Crippen LogP contribution in [0.3, 0.4) is 0 Å². The van der Waals surface area contributed by atoms with Crippen LogP contribution in [0.5, 0.6) is 0 Å². The van der Waals surface area contributed by atoms with Crippen molar-refractivity contribution in [2.75, 3.05) is 13.1 Å². The maximum absolute atomic E-state index is 12.5. The van der Waals surface area contributed by atoms with Crippen molar-refractivity contribution in [3.05, 3.63) is 68.7 Å². The van der Waals surface area contributed by atoms with E-state index in [1.807, 2.05) is 0 Å². The predicted molar refractivity (Wildman–Crippen MR) is 107 cm³/mol. The Morgan fingerprint density at radius 3 is 2.20 bits per heavy atom. The summed E-state index contributed by atoms with van der Waals surface area (Å²) in [5, 5.41) is 11.2. The van der Waals surface area contributed by atoms with Crippen molar-refractivity contribution in [2.45, 2.75) is 17.7 Å². The van der Waals surface area contributed by atoms with Crippen LogP contribution in [0, 0.1) is 10.1 Å². The topological polar surface area (TPSA) is 139 Å². The minimum atomic E-state index is -3.60. The number of nitro groups is 1. The molecule has 10 nitrogen and oxygen atoms in total. The number of sulfonamides is 1. The van der Waals surface area contributed by atoms with E-state index in [0.29, 0.717) is 13.1 Å². The van der Waals surface area contributed by atoms with E-state index in [-0.39, 0.29) is 21.0 Å². The van der Waals surface area contributed by atoms with Crippen molar-refractivity contribution >= 4 is 39.1 Å². The highest BCUT2D eigenvalue weighted by atomic mass is 35.5. The lowest BCUT2D eigenvalue weighted by Gasteiger charge is -2.15. The third-order valence-corrected chi connectivity index (χ3v) is 6.66. The van der Waals surface area contributed by atoms with Crippen LogP contribution in [0.4, 0.5) is 5.69 Å². The fraction of sp³-hybridized carbons (Fsp3) is 0.222. The van der Waals surface area contributed by atoms with Gasteiger partial charge in [0.15, 0.2) is 0 Å². The van der Waals surface area contributed by atoms with Crippen LogP contribution in [-0.2, 0) is 10.0 Å². The molecule has 1 saturated heterocycles. The molecule has 2 N–H and O–H groups in total. The number of carbonyl (C=O) groups is 2. The molecule has 1 aliphatic rings. The van der Waals surface area contributed by atoms with Crippen molar-refractivity contribution in [2.24, 2.45) is 0 Å². The van der Waals surface area contributed by atoms with E-state index < -0.39 is 32.4 Å². The van der Waals surface area contributed by atoms with Gasteiger partial charge < -0.3 is 0 Å². The molecule has 2 amide bonds.